The molecule has 1 aromatic carbocycles. The van der Waals surface area contributed by atoms with Crippen molar-refractivity contribution in [1.29, 1.82) is 0 Å². The van der Waals surface area contributed by atoms with Crippen LogP contribution in [0.5, 0.6) is 0 Å². The minimum Gasteiger partial charge on any atom is -0.466 e. The van der Waals surface area contributed by atoms with Crippen molar-refractivity contribution in [2.24, 2.45) is 0 Å². The van der Waals surface area contributed by atoms with Crippen molar-refractivity contribution in [3.05, 3.63) is 51.9 Å². The number of anilines is 1. The van der Waals surface area contributed by atoms with E-state index in [0.29, 0.717) is 22.0 Å². The quantitative estimate of drug-likeness (QED) is 0.886. The number of hydrogen-bond acceptors (Lipinski definition) is 2. The number of benzene rings is 1. The number of furan rings is 1. The maximum Gasteiger partial charge on any atom is 0.259 e. The van der Waals surface area contributed by atoms with Crippen molar-refractivity contribution >= 4 is 23.2 Å². The van der Waals surface area contributed by atoms with Gasteiger partial charge in [-0.05, 0) is 44.5 Å². The molecule has 1 amide bonds. The molecule has 1 aromatic heterocycles. The molecule has 0 saturated carbocycles. The van der Waals surface area contributed by atoms with E-state index in [1.54, 1.807) is 25.1 Å². The lowest BCUT2D eigenvalue weighted by Gasteiger charge is -2.08. The molecule has 3 nitrogen and oxygen atoms in total. The summed E-state index contributed by atoms with van der Waals surface area (Å²) in [7, 11) is 0. The van der Waals surface area contributed by atoms with Crippen molar-refractivity contribution in [1.82, 2.24) is 0 Å². The predicted octanol–water partition coefficient (Wildman–Crippen LogP) is 4.11. The Morgan fingerprint density at radius 2 is 2.00 bits per heavy atom. The van der Waals surface area contributed by atoms with Crippen molar-refractivity contribution in [3.63, 3.8) is 0 Å². The lowest BCUT2D eigenvalue weighted by Crippen LogP contribution is -2.13. The molecule has 0 saturated heterocycles. The SMILES string of the molecule is Cc1cc(C(=O)Nc2cccc(Cl)c2C)c(C)o1. The van der Waals surface area contributed by atoms with Gasteiger partial charge in [-0.3, -0.25) is 4.79 Å². The first-order chi connectivity index (χ1) is 8.49. The van der Waals surface area contributed by atoms with Crippen LogP contribution in [0.1, 0.15) is 27.4 Å². The molecular weight excluding hydrogens is 250 g/mol. The number of nitrogens with one attached hydrogen (secondary N) is 1. The van der Waals surface area contributed by atoms with Crippen LogP contribution in [0.2, 0.25) is 5.02 Å². The second-order valence-electron chi connectivity index (χ2n) is 4.19. The molecule has 0 aliphatic rings. The van der Waals surface area contributed by atoms with Gasteiger partial charge < -0.3 is 9.73 Å². The summed E-state index contributed by atoms with van der Waals surface area (Å²) in [5.41, 5.74) is 2.11. The molecule has 1 heterocycles. The average Bonchev–Trinajstić information content (AvgIpc) is 2.64. The van der Waals surface area contributed by atoms with Crippen LogP contribution in [-0.4, -0.2) is 5.91 Å². The molecule has 0 bridgehead atoms. The first kappa shape index (κ1) is 12.7. The van der Waals surface area contributed by atoms with Gasteiger partial charge in [-0.15, -0.1) is 0 Å². The molecule has 0 atom stereocenters. The zero-order chi connectivity index (χ0) is 13.3. The lowest BCUT2D eigenvalue weighted by molar-refractivity contribution is 0.102. The Morgan fingerprint density at radius 1 is 1.28 bits per heavy atom. The Balaban J connectivity index is 2.27. The van der Waals surface area contributed by atoms with Gasteiger partial charge >= 0.3 is 0 Å². The zero-order valence-corrected chi connectivity index (χ0v) is 11.3. The normalized spacial score (nSPS) is 10.4. The molecule has 0 aliphatic heterocycles. The molecule has 0 radical (unpaired) electrons. The highest BCUT2D eigenvalue weighted by Crippen LogP contribution is 2.24. The Morgan fingerprint density at radius 3 is 2.61 bits per heavy atom. The summed E-state index contributed by atoms with van der Waals surface area (Å²) >= 11 is 6.01. The maximum absolute atomic E-state index is 12.1. The molecule has 2 aromatic rings. The first-order valence-electron chi connectivity index (χ1n) is 5.62. The molecule has 0 fully saturated rings. The van der Waals surface area contributed by atoms with Crippen LogP contribution in [0.4, 0.5) is 5.69 Å². The third-order valence-electron chi connectivity index (χ3n) is 2.80. The van der Waals surface area contributed by atoms with Gasteiger partial charge in [0, 0.05) is 10.7 Å². The molecule has 18 heavy (non-hydrogen) atoms. The molecule has 94 valence electrons. The fourth-order valence-corrected chi connectivity index (χ4v) is 1.96. The van der Waals surface area contributed by atoms with Crippen LogP contribution in [0, 0.1) is 20.8 Å². The van der Waals surface area contributed by atoms with E-state index in [0.717, 1.165) is 11.3 Å². The number of aryl methyl sites for hydroxylation is 2. The first-order valence-corrected chi connectivity index (χ1v) is 6.00. The van der Waals surface area contributed by atoms with Crippen LogP contribution in [-0.2, 0) is 0 Å². The Bertz CT molecular complexity index is 602. The number of carbonyl (C=O) groups is 1. The average molecular weight is 264 g/mol. The fraction of sp³-hybridized carbons (Fsp3) is 0.214. The summed E-state index contributed by atoms with van der Waals surface area (Å²) in [6.07, 6.45) is 0. The monoisotopic (exact) mass is 263 g/mol. The largest absolute Gasteiger partial charge is 0.466 e. The second-order valence-corrected chi connectivity index (χ2v) is 4.60. The van der Waals surface area contributed by atoms with Crippen molar-refractivity contribution in [2.75, 3.05) is 5.32 Å². The third-order valence-corrected chi connectivity index (χ3v) is 3.21. The van der Waals surface area contributed by atoms with Gasteiger partial charge in [0.25, 0.3) is 5.91 Å². The number of rotatable bonds is 2. The van der Waals surface area contributed by atoms with Gasteiger partial charge in [0.1, 0.15) is 11.5 Å². The van der Waals surface area contributed by atoms with Crippen molar-refractivity contribution < 1.29 is 9.21 Å². The van der Waals surface area contributed by atoms with Gasteiger partial charge in [-0.25, -0.2) is 0 Å². The van der Waals surface area contributed by atoms with Crippen LogP contribution >= 0.6 is 11.6 Å². The molecular formula is C14H14ClNO2. The van der Waals surface area contributed by atoms with E-state index < -0.39 is 0 Å². The van der Waals surface area contributed by atoms with Crippen LogP contribution in [0.25, 0.3) is 0 Å². The second kappa shape index (κ2) is 4.86. The minimum absolute atomic E-state index is 0.185. The topological polar surface area (TPSA) is 42.2 Å². The molecule has 1 N–H and O–H groups in total. The summed E-state index contributed by atoms with van der Waals surface area (Å²) < 4.78 is 5.34. The van der Waals surface area contributed by atoms with Gasteiger partial charge in [-0.1, -0.05) is 17.7 Å². The fourth-order valence-electron chi connectivity index (χ4n) is 1.79. The van der Waals surface area contributed by atoms with E-state index in [2.05, 4.69) is 5.32 Å². The minimum atomic E-state index is -0.185. The number of hydrogen-bond donors (Lipinski definition) is 1. The molecule has 0 aliphatic carbocycles. The van der Waals surface area contributed by atoms with E-state index in [-0.39, 0.29) is 5.91 Å². The van der Waals surface area contributed by atoms with E-state index in [1.807, 2.05) is 19.9 Å². The highest BCUT2D eigenvalue weighted by molar-refractivity contribution is 6.31. The highest BCUT2D eigenvalue weighted by Gasteiger charge is 2.14. The summed E-state index contributed by atoms with van der Waals surface area (Å²) in [6, 6.07) is 7.14. The predicted molar refractivity (Wildman–Crippen MR) is 72.3 cm³/mol. The summed E-state index contributed by atoms with van der Waals surface area (Å²) in [4.78, 5) is 12.1. The summed E-state index contributed by atoms with van der Waals surface area (Å²) in [5.74, 6) is 1.15. The molecule has 2 rings (SSSR count). The van der Waals surface area contributed by atoms with E-state index in [4.69, 9.17) is 16.0 Å². The van der Waals surface area contributed by atoms with Crippen molar-refractivity contribution in [3.8, 4) is 0 Å². The van der Waals surface area contributed by atoms with Gasteiger partial charge in [0.15, 0.2) is 0 Å². The number of amides is 1. The van der Waals surface area contributed by atoms with E-state index >= 15 is 0 Å². The van der Waals surface area contributed by atoms with Gasteiger partial charge in [0.2, 0.25) is 0 Å². The molecule has 0 spiro atoms. The maximum atomic E-state index is 12.1. The summed E-state index contributed by atoms with van der Waals surface area (Å²) in [6.45, 7) is 5.45. The molecule has 4 heteroatoms. The Labute approximate surface area is 111 Å². The van der Waals surface area contributed by atoms with Crippen LogP contribution in [0.3, 0.4) is 0 Å². The lowest BCUT2D eigenvalue weighted by atomic mass is 10.1. The van der Waals surface area contributed by atoms with Crippen LogP contribution < -0.4 is 5.32 Å². The molecule has 0 unspecified atom stereocenters. The highest BCUT2D eigenvalue weighted by atomic mass is 35.5. The van der Waals surface area contributed by atoms with E-state index in [1.165, 1.54) is 0 Å². The Hall–Kier alpha value is -1.74. The summed E-state index contributed by atoms with van der Waals surface area (Å²) in [5, 5.41) is 3.47. The smallest absolute Gasteiger partial charge is 0.259 e. The van der Waals surface area contributed by atoms with Crippen LogP contribution in [0.15, 0.2) is 28.7 Å². The van der Waals surface area contributed by atoms with Gasteiger partial charge in [0.05, 0.1) is 5.56 Å². The van der Waals surface area contributed by atoms with Gasteiger partial charge in [-0.2, -0.15) is 0 Å². The Kier molecular flexibility index (Phi) is 3.43. The third kappa shape index (κ3) is 2.41. The van der Waals surface area contributed by atoms with E-state index in [9.17, 15) is 4.79 Å². The number of halogens is 1. The standard InChI is InChI=1S/C14H14ClNO2/c1-8-7-11(10(3)18-8)14(17)16-13-6-4-5-12(15)9(13)2/h4-7H,1-3H3,(H,16,17). The number of carbonyl (C=O) groups excluding carboxylic acids is 1. The van der Waals surface area contributed by atoms with Crippen molar-refractivity contribution in [2.45, 2.75) is 20.8 Å². The zero-order valence-electron chi connectivity index (χ0n) is 10.5.